The smallest absolute Gasteiger partial charge is 0.247 e. The lowest BCUT2D eigenvalue weighted by molar-refractivity contribution is 0.435. The van der Waals surface area contributed by atoms with E-state index < -0.39 is 36.3 Å². The minimum atomic E-state index is -1.08. The van der Waals surface area contributed by atoms with Gasteiger partial charge in [0.15, 0.2) is 0 Å². The maximum atomic E-state index is 9.74. The highest BCUT2D eigenvalue weighted by Gasteiger charge is 2.55. The first-order chi connectivity index (χ1) is 53.5. The highest BCUT2D eigenvalue weighted by atomic mass is 16.5. The predicted octanol–water partition coefficient (Wildman–Crippen LogP) is 24.5. The molecule has 516 valence electrons. The fourth-order valence-corrected chi connectivity index (χ4v) is 17.3. The Labute approximate surface area is 632 Å². The van der Waals surface area contributed by atoms with Crippen molar-refractivity contribution >= 4 is 83.8 Å². The molecule has 3 aliphatic heterocycles. The maximum Gasteiger partial charge on any atom is 0.247 e. The van der Waals surface area contributed by atoms with Gasteiger partial charge < -0.3 is 18.8 Å². The average Bonchev–Trinajstić information content (AvgIpc) is 0.898. The van der Waals surface area contributed by atoms with E-state index in [0.717, 1.165) is 139 Å². The first-order valence-corrected chi connectivity index (χ1v) is 37.2. The van der Waals surface area contributed by atoms with Crippen LogP contribution in [-0.2, 0) is 39.0 Å². The van der Waals surface area contributed by atoms with Crippen LogP contribution in [0, 0.1) is 0 Å². The number of benzene rings is 13. The summed E-state index contributed by atoms with van der Waals surface area (Å²) >= 11 is 0. The largest absolute Gasteiger partial charge is 0.457 e. The van der Waals surface area contributed by atoms with Gasteiger partial charge in [-0.1, -0.05) is 303 Å². The summed E-state index contributed by atoms with van der Waals surface area (Å²) in [6, 6.07) is 80.8. The van der Waals surface area contributed by atoms with Crippen LogP contribution in [0.5, 0.6) is 11.5 Å². The van der Waals surface area contributed by atoms with Gasteiger partial charge in [0, 0.05) is 78.4 Å². The van der Waals surface area contributed by atoms with Gasteiger partial charge in [0.05, 0.1) is 33.1 Å². The lowest BCUT2D eigenvalue weighted by Crippen LogP contribution is -2.65. The molecule has 0 atom stereocenters. The Hall–Kier alpha value is -10.9. The molecule has 0 fully saturated rings. The molecule has 13 aromatic carbocycles. The van der Waals surface area contributed by atoms with Crippen LogP contribution in [0.4, 0.5) is 17.1 Å². The first kappa shape index (κ1) is 57.5. The molecule has 5 heteroatoms. The summed E-state index contributed by atoms with van der Waals surface area (Å²) < 4.78 is 86.5. The number of hydrogen-bond acceptors (Lipinski definition) is 2. The number of ether oxygens (including phenoxy) is 1. The number of nitrogens with zero attached hydrogens (tertiary/aromatic N) is 3. The van der Waals surface area contributed by atoms with E-state index in [1.54, 1.807) is 4.57 Å². The van der Waals surface area contributed by atoms with E-state index in [4.69, 9.17) is 7.48 Å². The zero-order valence-corrected chi connectivity index (χ0v) is 62.9. The molecule has 0 aliphatic carbocycles. The number of para-hydroxylation sites is 4. The monoisotopic (exact) mass is 1370 g/mol. The Bertz CT molecular complexity index is 6290. The highest BCUT2D eigenvalue weighted by Crippen LogP contribution is 2.59. The molecular weight excluding hydrogens is 1270 g/mol. The molecule has 5 heterocycles. The van der Waals surface area contributed by atoms with Gasteiger partial charge >= 0.3 is 0 Å². The Morgan fingerprint density at radius 2 is 0.848 bits per heavy atom. The van der Waals surface area contributed by atoms with E-state index in [-0.39, 0.29) is 79.6 Å². The number of anilines is 3. The standard InChI is InChI=1S/C100H92BN3O/c1-95(2,3)67-44-48-87-77(55-67)78-56-68(96(4,5)6)45-49-88(78)103(87)72-59-82-93-90(60-72)104(94-75(63-30-18-16-19-31-63)57-71(99(13,14)15)58-76(94)64-32-20-17-21-33-64)89-50-62(61-102-85-38-26-22-34-73(85)74-35-23-27-39-86(74)102)42-46-84(89)101(93)83-47-43-65(66-51-69(97(7,8)9)54-70(52-66)98(10,11)12)53-81(83)100(82)79-36-24-28-40-91(79)105-92-41-29-25-37-80(92)100/h16-60H,61H2,1-15H3/i22D,23D,26D,27D,34D,35D,38D,39D. The van der Waals surface area contributed by atoms with Crippen LogP contribution in [-0.4, -0.2) is 15.8 Å². The highest BCUT2D eigenvalue weighted by molar-refractivity contribution is 6.99. The Balaban J connectivity index is 1.06. The summed E-state index contributed by atoms with van der Waals surface area (Å²) in [5, 5.41) is 2.40. The van der Waals surface area contributed by atoms with Crippen LogP contribution in [0.25, 0.3) is 82.7 Å². The molecule has 2 aromatic heterocycles. The minimum Gasteiger partial charge on any atom is -0.457 e. The van der Waals surface area contributed by atoms with Crippen molar-refractivity contribution in [2.24, 2.45) is 0 Å². The van der Waals surface area contributed by atoms with Gasteiger partial charge in [0.2, 0.25) is 6.71 Å². The topological polar surface area (TPSA) is 22.3 Å². The summed E-state index contributed by atoms with van der Waals surface area (Å²) in [6.45, 7) is 33.9. The minimum absolute atomic E-state index is 0.0382. The van der Waals surface area contributed by atoms with Gasteiger partial charge in [-0.15, -0.1) is 0 Å². The van der Waals surface area contributed by atoms with E-state index in [2.05, 4.69) is 338 Å². The third-order valence-electron chi connectivity index (χ3n) is 22.9. The zero-order chi connectivity index (χ0) is 79.6. The second-order valence-corrected chi connectivity index (χ2v) is 34.8. The third kappa shape index (κ3) is 10.5. The normalized spacial score (nSPS) is 15.1. The zero-order valence-electron chi connectivity index (χ0n) is 70.9. The van der Waals surface area contributed by atoms with Crippen molar-refractivity contribution in [3.63, 3.8) is 0 Å². The van der Waals surface area contributed by atoms with Crippen molar-refractivity contribution in [2.45, 2.75) is 143 Å². The molecule has 0 saturated heterocycles. The lowest BCUT2D eigenvalue weighted by atomic mass is 9.29. The summed E-state index contributed by atoms with van der Waals surface area (Å²) in [6.07, 6.45) is 0. The van der Waals surface area contributed by atoms with Gasteiger partial charge in [-0.3, -0.25) is 0 Å². The molecule has 0 radical (unpaired) electrons. The van der Waals surface area contributed by atoms with Crippen LogP contribution in [0.3, 0.4) is 0 Å². The summed E-state index contributed by atoms with van der Waals surface area (Å²) in [5.74, 6) is 1.53. The van der Waals surface area contributed by atoms with Gasteiger partial charge in [-0.2, -0.15) is 0 Å². The molecule has 0 unspecified atom stereocenters. The van der Waals surface area contributed by atoms with E-state index >= 15 is 0 Å². The molecular formula is C100H92BN3O. The van der Waals surface area contributed by atoms with E-state index in [0.29, 0.717) is 0 Å². The van der Waals surface area contributed by atoms with Crippen LogP contribution in [0.2, 0.25) is 0 Å². The molecule has 0 saturated carbocycles. The van der Waals surface area contributed by atoms with Gasteiger partial charge in [0.25, 0.3) is 0 Å². The molecule has 0 amide bonds. The van der Waals surface area contributed by atoms with Crippen LogP contribution < -0.4 is 26.0 Å². The predicted molar refractivity (Wildman–Crippen MR) is 447 cm³/mol. The van der Waals surface area contributed by atoms with Gasteiger partial charge in [-0.05, 0) is 184 Å². The molecule has 3 aliphatic rings. The van der Waals surface area contributed by atoms with E-state index in [9.17, 15) is 8.22 Å². The molecule has 4 nitrogen and oxygen atoms in total. The van der Waals surface area contributed by atoms with Gasteiger partial charge in [0.1, 0.15) is 11.5 Å². The molecule has 15 aromatic rings. The van der Waals surface area contributed by atoms with Gasteiger partial charge in [-0.25, -0.2) is 0 Å². The summed E-state index contributed by atoms with van der Waals surface area (Å²) in [4.78, 5) is 2.55. The summed E-state index contributed by atoms with van der Waals surface area (Å²) in [5.41, 5.74) is 24.5. The number of aromatic nitrogens is 2. The lowest BCUT2D eigenvalue weighted by Gasteiger charge is -2.50. The third-order valence-corrected chi connectivity index (χ3v) is 22.9. The molecule has 0 bridgehead atoms. The SMILES string of the molecule is [2H]c1c([2H])c([2H])c2c(c1[2H])c1c([2H])c([2H])c([2H])c([2H])c1n2Cc1ccc2c(c1)N(c1c(-c3ccccc3)cc(C(C)(C)C)cc1-c1ccccc1)c1cc(-n3c4ccc(C(C)(C)C)cc4c4cc(C(C)(C)C)ccc43)cc3c1B2c1ccc(-c2cc(C(C)(C)C)cc(C(C)(C)C)c2)cc1C31c2ccccc2Oc2ccccc21. The maximum absolute atomic E-state index is 9.74. The van der Waals surface area contributed by atoms with Crippen LogP contribution >= 0.6 is 0 Å². The van der Waals surface area contributed by atoms with E-state index in [1.807, 2.05) is 0 Å². The molecule has 18 rings (SSSR count). The average molecular weight is 1370 g/mol. The second kappa shape index (κ2) is 23.6. The van der Waals surface area contributed by atoms with Crippen molar-refractivity contribution in [2.75, 3.05) is 4.90 Å². The van der Waals surface area contributed by atoms with Crippen molar-refractivity contribution in [1.29, 1.82) is 0 Å². The summed E-state index contributed by atoms with van der Waals surface area (Å²) in [7, 11) is 0. The van der Waals surface area contributed by atoms with Crippen molar-refractivity contribution in [1.82, 2.24) is 9.13 Å². The number of hydrogen-bond donors (Lipinski definition) is 0. The fraction of sp³-hybridized carbons (Fsp3) is 0.220. The van der Waals surface area contributed by atoms with E-state index in [1.165, 1.54) is 22.3 Å². The number of fused-ring (bicyclic) bond motifs is 16. The van der Waals surface area contributed by atoms with Crippen molar-refractivity contribution < 1.29 is 15.7 Å². The number of rotatable bonds is 7. The first-order valence-electron chi connectivity index (χ1n) is 41.2. The molecule has 105 heavy (non-hydrogen) atoms. The second-order valence-electron chi connectivity index (χ2n) is 34.8. The fourth-order valence-electron chi connectivity index (χ4n) is 17.3. The molecule has 1 spiro atoms. The Morgan fingerprint density at radius 3 is 1.37 bits per heavy atom. The van der Waals surface area contributed by atoms with Crippen molar-refractivity contribution in [3.05, 3.63) is 328 Å². The van der Waals surface area contributed by atoms with Crippen LogP contribution in [0.15, 0.2) is 273 Å². The molecule has 0 N–H and O–H groups in total. The Morgan fingerprint density at radius 1 is 0.362 bits per heavy atom. The quantitative estimate of drug-likeness (QED) is 0.148. The van der Waals surface area contributed by atoms with Crippen molar-refractivity contribution in [3.8, 4) is 50.6 Å². The van der Waals surface area contributed by atoms with Crippen LogP contribution in [0.1, 0.15) is 170 Å². The Kier molecular flexibility index (Phi) is 12.9.